The van der Waals surface area contributed by atoms with Crippen molar-refractivity contribution in [1.29, 1.82) is 0 Å². The lowest BCUT2D eigenvalue weighted by Crippen LogP contribution is -1.91. The van der Waals surface area contributed by atoms with Crippen LogP contribution < -0.4 is 4.74 Å². The first-order chi connectivity index (χ1) is 6.26. The summed E-state index contributed by atoms with van der Waals surface area (Å²) in [7, 11) is 1.62. The summed E-state index contributed by atoms with van der Waals surface area (Å²) >= 11 is 0. The second kappa shape index (κ2) is 4.45. The lowest BCUT2D eigenvalue weighted by atomic mass is 10.1. The summed E-state index contributed by atoms with van der Waals surface area (Å²) in [5, 5.41) is 0. The molecule has 0 atom stereocenters. The molecule has 2 heteroatoms. The largest absolute Gasteiger partial charge is 0.497 e. The zero-order chi connectivity index (χ0) is 9.68. The molecule has 1 aromatic rings. The Labute approximate surface area is 77.8 Å². The van der Waals surface area contributed by atoms with Crippen molar-refractivity contribution in [3.8, 4) is 5.75 Å². The predicted molar refractivity (Wildman–Crippen MR) is 51.9 cm³/mol. The summed E-state index contributed by atoms with van der Waals surface area (Å²) < 4.78 is 5.05. The van der Waals surface area contributed by atoms with E-state index in [2.05, 4.69) is 6.58 Å². The van der Waals surface area contributed by atoms with Crippen LogP contribution in [0, 0.1) is 0 Å². The van der Waals surface area contributed by atoms with E-state index in [1.165, 1.54) is 0 Å². The molecule has 0 saturated heterocycles. The third-order valence-corrected chi connectivity index (χ3v) is 1.73. The van der Waals surface area contributed by atoms with Gasteiger partial charge in [0.15, 0.2) is 0 Å². The Kier molecular flexibility index (Phi) is 3.26. The van der Waals surface area contributed by atoms with Crippen LogP contribution in [0.25, 0.3) is 0 Å². The first kappa shape index (κ1) is 9.52. The minimum atomic E-state index is 0.577. The predicted octanol–water partition coefficient (Wildman–Crippen LogP) is 1.99. The smallest absolute Gasteiger partial charge is 0.145 e. The molecule has 1 aromatic carbocycles. The van der Waals surface area contributed by atoms with E-state index in [1.54, 1.807) is 7.11 Å². The Hall–Kier alpha value is -1.57. The molecule has 0 N–H and O–H groups in total. The van der Waals surface area contributed by atoms with E-state index in [0.29, 0.717) is 12.0 Å². The Morgan fingerprint density at radius 2 is 2.38 bits per heavy atom. The Morgan fingerprint density at radius 1 is 1.62 bits per heavy atom. The van der Waals surface area contributed by atoms with Crippen molar-refractivity contribution < 1.29 is 9.53 Å². The van der Waals surface area contributed by atoms with Gasteiger partial charge in [-0.3, -0.25) is 4.79 Å². The molecule has 0 aliphatic carbocycles. The van der Waals surface area contributed by atoms with Crippen molar-refractivity contribution in [2.75, 3.05) is 7.11 Å². The highest BCUT2D eigenvalue weighted by Gasteiger charge is 1.97. The molecule has 2 nitrogen and oxygen atoms in total. The third-order valence-electron chi connectivity index (χ3n) is 1.73. The molecule has 1 rings (SSSR count). The molecule has 0 amide bonds. The first-order valence-electron chi connectivity index (χ1n) is 4.02. The van der Waals surface area contributed by atoms with Crippen molar-refractivity contribution >= 4 is 6.29 Å². The quantitative estimate of drug-likeness (QED) is 0.518. The van der Waals surface area contributed by atoms with Crippen LogP contribution in [0.2, 0.25) is 0 Å². The Bertz CT molecular complexity index is 316. The maximum Gasteiger partial charge on any atom is 0.145 e. The normalized spacial score (nSPS) is 9.31. The van der Waals surface area contributed by atoms with E-state index < -0.39 is 0 Å². The van der Waals surface area contributed by atoms with Crippen molar-refractivity contribution in [2.24, 2.45) is 0 Å². The van der Waals surface area contributed by atoms with Gasteiger partial charge in [-0.1, -0.05) is 18.7 Å². The third kappa shape index (κ3) is 2.75. The monoisotopic (exact) mass is 176 g/mol. The second-order valence-electron chi connectivity index (χ2n) is 2.80. The van der Waals surface area contributed by atoms with Crippen LogP contribution in [0.4, 0.5) is 0 Å². The van der Waals surface area contributed by atoms with Crippen LogP contribution in [-0.4, -0.2) is 13.4 Å². The van der Waals surface area contributed by atoms with E-state index in [0.717, 1.165) is 17.6 Å². The van der Waals surface area contributed by atoms with Gasteiger partial charge in [0.05, 0.1) is 7.11 Å². The van der Waals surface area contributed by atoms with Crippen LogP contribution in [0.15, 0.2) is 36.4 Å². The van der Waals surface area contributed by atoms with E-state index in [9.17, 15) is 4.79 Å². The van der Waals surface area contributed by atoms with E-state index in [-0.39, 0.29) is 0 Å². The summed E-state index contributed by atoms with van der Waals surface area (Å²) in [5.74, 6) is 0.802. The Morgan fingerprint density at radius 3 is 3.00 bits per heavy atom. The standard InChI is InChI=1S/C11H12O2/c1-9(8-12)6-10-4-3-5-11(7-10)13-2/h3-5,7-8H,1,6H2,2H3. The van der Waals surface area contributed by atoms with Gasteiger partial charge in [0.25, 0.3) is 0 Å². The zero-order valence-electron chi connectivity index (χ0n) is 7.62. The van der Waals surface area contributed by atoms with Gasteiger partial charge in [-0.05, 0) is 23.3 Å². The van der Waals surface area contributed by atoms with Crippen LogP contribution in [0.1, 0.15) is 5.56 Å². The molecule has 0 saturated carbocycles. The molecule has 0 radical (unpaired) electrons. The molecule has 0 heterocycles. The topological polar surface area (TPSA) is 26.3 Å². The molecular formula is C11H12O2. The number of carbonyl (C=O) groups excluding carboxylic acids is 1. The van der Waals surface area contributed by atoms with Gasteiger partial charge >= 0.3 is 0 Å². The molecule has 0 aliphatic rings. The zero-order valence-corrected chi connectivity index (χ0v) is 7.62. The summed E-state index contributed by atoms with van der Waals surface area (Å²) in [6, 6.07) is 7.60. The van der Waals surface area contributed by atoms with Gasteiger partial charge in [0, 0.05) is 6.42 Å². The highest BCUT2D eigenvalue weighted by Crippen LogP contribution is 2.14. The minimum absolute atomic E-state index is 0.577. The van der Waals surface area contributed by atoms with Gasteiger partial charge in [-0.15, -0.1) is 0 Å². The maximum atomic E-state index is 10.3. The van der Waals surface area contributed by atoms with Crippen molar-refractivity contribution in [1.82, 2.24) is 0 Å². The molecule has 13 heavy (non-hydrogen) atoms. The molecule has 0 aromatic heterocycles. The SMILES string of the molecule is C=C(C=O)Cc1cccc(OC)c1. The molecular weight excluding hydrogens is 164 g/mol. The van der Waals surface area contributed by atoms with Crippen molar-refractivity contribution in [3.05, 3.63) is 42.0 Å². The van der Waals surface area contributed by atoms with Gasteiger partial charge in [0.2, 0.25) is 0 Å². The highest BCUT2D eigenvalue weighted by atomic mass is 16.5. The summed E-state index contributed by atoms with van der Waals surface area (Å²) in [5.41, 5.74) is 1.62. The van der Waals surface area contributed by atoms with E-state index in [4.69, 9.17) is 4.74 Å². The second-order valence-corrected chi connectivity index (χ2v) is 2.80. The number of benzene rings is 1. The number of ether oxygens (including phenoxy) is 1. The van der Waals surface area contributed by atoms with Gasteiger partial charge < -0.3 is 4.74 Å². The van der Waals surface area contributed by atoms with Gasteiger partial charge in [0.1, 0.15) is 12.0 Å². The molecule has 0 spiro atoms. The van der Waals surface area contributed by atoms with Crippen LogP contribution in [-0.2, 0) is 11.2 Å². The fourth-order valence-electron chi connectivity index (χ4n) is 1.09. The fraction of sp³-hybridized carbons (Fsp3) is 0.182. The highest BCUT2D eigenvalue weighted by molar-refractivity contribution is 5.72. The van der Waals surface area contributed by atoms with Crippen LogP contribution in [0.5, 0.6) is 5.75 Å². The fourth-order valence-corrected chi connectivity index (χ4v) is 1.09. The van der Waals surface area contributed by atoms with Gasteiger partial charge in [-0.25, -0.2) is 0 Å². The van der Waals surface area contributed by atoms with Crippen molar-refractivity contribution in [2.45, 2.75) is 6.42 Å². The molecule has 0 aliphatic heterocycles. The average molecular weight is 176 g/mol. The van der Waals surface area contributed by atoms with Crippen LogP contribution in [0.3, 0.4) is 0 Å². The average Bonchev–Trinajstić information content (AvgIpc) is 2.18. The summed E-state index contributed by atoms with van der Waals surface area (Å²) in [6.45, 7) is 3.62. The lowest BCUT2D eigenvalue weighted by molar-refractivity contribution is -0.104. The number of carbonyl (C=O) groups is 1. The minimum Gasteiger partial charge on any atom is -0.497 e. The lowest BCUT2D eigenvalue weighted by Gasteiger charge is -2.02. The van der Waals surface area contributed by atoms with Crippen molar-refractivity contribution in [3.63, 3.8) is 0 Å². The molecule has 0 unspecified atom stereocenters. The number of hydrogen-bond acceptors (Lipinski definition) is 2. The molecule has 0 bridgehead atoms. The first-order valence-corrected chi connectivity index (χ1v) is 4.02. The van der Waals surface area contributed by atoms with Gasteiger partial charge in [-0.2, -0.15) is 0 Å². The number of rotatable bonds is 4. The number of aldehydes is 1. The van der Waals surface area contributed by atoms with E-state index in [1.807, 2.05) is 24.3 Å². The summed E-state index contributed by atoms with van der Waals surface area (Å²) in [4.78, 5) is 10.3. The summed E-state index contributed by atoms with van der Waals surface area (Å²) in [6.07, 6.45) is 1.36. The number of allylic oxidation sites excluding steroid dienone is 1. The number of hydrogen-bond donors (Lipinski definition) is 0. The molecule has 68 valence electrons. The van der Waals surface area contributed by atoms with Crippen LogP contribution >= 0.6 is 0 Å². The van der Waals surface area contributed by atoms with E-state index >= 15 is 0 Å². The Balaban J connectivity index is 2.77. The number of methoxy groups -OCH3 is 1. The molecule has 0 fully saturated rings. The maximum absolute atomic E-state index is 10.3.